The van der Waals surface area contributed by atoms with Gasteiger partial charge in [-0.15, -0.1) is 0 Å². The molecular weight excluding hydrogens is 374 g/mol. The number of nitrogens with one attached hydrogen (secondary N) is 1. The van der Waals surface area contributed by atoms with Crippen molar-refractivity contribution in [2.45, 2.75) is 26.3 Å². The molecule has 2 N–H and O–H groups in total. The summed E-state index contributed by atoms with van der Waals surface area (Å²) in [7, 11) is 0. The normalized spacial score (nSPS) is 12.1. The van der Waals surface area contributed by atoms with Gasteiger partial charge in [0.2, 0.25) is 0 Å². The number of carbonyl (C=O) groups excluding carboxylic acids is 1. The zero-order valence-electron chi connectivity index (χ0n) is 17.0. The third-order valence-electron chi connectivity index (χ3n) is 5.65. The molecule has 0 saturated heterocycles. The Labute approximate surface area is 175 Å². The zero-order chi connectivity index (χ0) is 21.3. The van der Waals surface area contributed by atoms with E-state index in [-0.39, 0.29) is 12.3 Å². The van der Waals surface area contributed by atoms with Gasteiger partial charge >= 0.3 is 5.97 Å². The van der Waals surface area contributed by atoms with Crippen molar-refractivity contribution in [3.05, 3.63) is 95.1 Å². The molecule has 0 bridgehead atoms. The number of benzene rings is 4. The number of hydrogen-bond acceptors (Lipinski definition) is 2. The Morgan fingerprint density at radius 1 is 0.833 bits per heavy atom. The fraction of sp³-hybridized carbons (Fsp3) is 0.154. The molecule has 0 saturated carbocycles. The van der Waals surface area contributed by atoms with Crippen molar-refractivity contribution in [3.63, 3.8) is 0 Å². The van der Waals surface area contributed by atoms with E-state index in [1.165, 1.54) is 0 Å². The summed E-state index contributed by atoms with van der Waals surface area (Å²) in [4.78, 5) is 25.4. The average molecular weight is 397 g/mol. The first-order chi connectivity index (χ1) is 14.5. The predicted molar refractivity (Wildman–Crippen MR) is 120 cm³/mol. The van der Waals surface area contributed by atoms with E-state index in [1.54, 1.807) is 0 Å². The molecular formula is C26H23NO3. The van der Waals surface area contributed by atoms with E-state index in [1.807, 2.05) is 86.6 Å². The Hall–Kier alpha value is -3.66. The lowest BCUT2D eigenvalue weighted by Gasteiger charge is -2.19. The molecule has 0 aliphatic rings. The number of carboxylic acids is 1. The minimum atomic E-state index is -1.05. The highest BCUT2D eigenvalue weighted by atomic mass is 16.4. The van der Waals surface area contributed by atoms with Gasteiger partial charge in [0.05, 0.1) is 5.56 Å². The van der Waals surface area contributed by atoms with Crippen LogP contribution in [0.4, 0.5) is 0 Å². The molecule has 1 amide bonds. The van der Waals surface area contributed by atoms with Gasteiger partial charge < -0.3 is 10.4 Å². The Balaban J connectivity index is 1.76. The number of carboxylic acid groups (broad SMARTS) is 1. The summed E-state index contributed by atoms with van der Waals surface area (Å²) in [6.07, 6.45) is 0.238. The van der Waals surface area contributed by atoms with Crippen LogP contribution in [0, 0.1) is 13.8 Å². The maximum Gasteiger partial charge on any atom is 0.326 e. The number of fused-ring (bicyclic) bond motifs is 2. The van der Waals surface area contributed by atoms with E-state index < -0.39 is 12.0 Å². The second-order valence-corrected chi connectivity index (χ2v) is 7.63. The number of aryl methyl sites for hydroxylation is 2. The standard InChI is InChI=1S/C26H23NO3/c1-16-8-7-9-17(2)22(16)15-23(26(29)30)27-25(28)24-20-12-5-3-10-18(20)14-19-11-4-6-13-21(19)24/h3-14,23H,15H2,1-2H3,(H,27,28)(H,29,30)/t23-/m0/s1. The molecule has 4 aromatic carbocycles. The lowest BCUT2D eigenvalue weighted by Crippen LogP contribution is -2.42. The Morgan fingerprint density at radius 2 is 1.37 bits per heavy atom. The summed E-state index contributed by atoms with van der Waals surface area (Å²) >= 11 is 0. The van der Waals surface area contributed by atoms with Gasteiger partial charge in [0.1, 0.15) is 6.04 Å². The van der Waals surface area contributed by atoms with Crippen molar-refractivity contribution in [3.8, 4) is 0 Å². The second-order valence-electron chi connectivity index (χ2n) is 7.63. The highest BCUT2D eigenvalue weighted by molar-refractivity contribution is 6.18. The molecule has 4 rings (SSSR count). The van der Waals surface area contributed by atoms with Gasteiger partial charge in [0.15, 0.2) is 0 Å². The number of carbonyl (C=O) groups is 2. The predicted octanol–water partition coefficient (Wildman–Crippen LogP) is 5.04. The monoisotopic (exact) mass is 397 g/mol. The molecule has 0 aliphatic carbocycles. The molecule has 4 nitrogen and oxygen atoms in total. The van der Waals surface area contributed by atoms with Crippen molar-refractivity contribution in [1.82, 2.24) is 5.32 Å². The minimum Gasteiger partial charge on any atom is -0.480 e. The van der Waals surface area contributed by atoms with Gasteiger partial charge in [0.25, 0.3) is 5.91 Å². The minimum absolute atomic E-state index is 0.238. The summed E-state index contributed by atoms with van der Waals surface area (Å²) in [5.41, 5.74) is 3.50. The van der Waals surface area contributed by atoms with Gasteiger partial charge in [-0.2, -0.15) is 0 Å². The lowest BCUT2D eigenvalue weighted by molar-refractivity contribution is -0.139. The van der Waals surface area contributed by atoms with Crippen molar-refractivity contribution in [2.75, 3.05) is 0 Å². The van der Waals surface area contributed by atoms with Crippen LogP contribution in [0.25, 0.3) is 21.5 Å². The molecule has 0 radical (unpaired) electrons. The van der Waals surface area contributed by atoms with Gasteiger partial charge in [-0.25, -0.2) is 4.79 Å². The quantitative estimate of drug-likeness (QED) is 0.464. The molecule has 0 fully saturated rings. The van der Waals surface area contributed by atoms with Gasteiger partial charge in [-0.3, -0.25) is 4.79 Å². The molecule has 0 heterocycles. The summed E-state index contributed by atoms with van der Waals surface area (Å²) in [5, 5.41) is 16.1. The molecule has 30 heavy (non-hydrogen) atoms. The van der Waals surface area contributed by atoms with E-state index in [9.17, 15) is 14.7 Å². The van der Waals surface area contributed by atoms with E-state index in [0.29, 0.717) is 5.56 Å². The topological polar surface area (TPSA) is 66.4 Å². The smallest absolute Gasteiger partial charge is 0.326 e. The van der Waals surface area contributed by atoms with E-state index in [4.69, 9.17) is 0 Å². The van der Waals surface area contributed by atoms with E-state index in [0.717, 1.165) is 38.2 Å². The summed E-state index contributed by atoms with van der Waals surface area (Å²) in [5.74, 6) is -1.42. The van der Waals surface area contributed by atoms with Gasteiger partial charge in [-0.05, 0) is 58.1 Å². The lowest BCUT2D eigenvalue weighted by atomic mass is 9.94. The molecule has 150 valence electrons. The third kappa shape index (κ3) is 3.64. The molecule has 0 aliphatic heterocycles. The molecule has 1 atom stereocenters. The first-order valence-corrected chi connectivity index (χ1v) is 9.95. The van der Waals surface area contributed by atoms with Gasteiger partial charge in [0, 0.05) is 6.42 Å². The summed E-state index contributed by atoms with van der Waals surface area (Å²) in [6.45, 7) is 3.92. The Kier molecular flexibility index (Phi) is 5.23. The highest BCUT2D eigenvalue weighted by Gasteiger charge is 2.24. The maximum atomic E-state index is 13.4. The van der Waals surface area contributed by atoms with Crippen LogP contribution in [0.5, 0.6) is 0 Å². The number of amides is 1. The Morgan fingerprint density at radius 3 is 1.90 bits per heavy atom. The van der Waals surface area contributed by atoms with Crippen LogP contribution in [0.2, 0.25) is 0 Å². The van der Waals surface area contributed by atoms with E-state index in [2.05, 4.69) is 5.32 Å². The summed E-state index contributed by atoms with van der Waals surface area (Å²) in [6, 6.07) is 22.3. The van der Waals surface area contributed by atoms with Crippen molar-refractivity contribution < 1.29 is 14.7 Å². The average Bonchev–Trinajstić information content (AvgIpc) is 2.73. The van der Waals surface area contributed by atoms with Crippen LogP contribution in [0.3, 0.4) is 0 Å². The molecule has 4 heteroatoms. The fourth-order valence-corrected chi connectivity index (χ4v) is 4.06. The fourth-order valence-electron chi connectivity index (χ4n) is 4.06. The van der Waals surface area contributed by atoms with Crippen LogP contribution in [-0.4, -0.2) is 23.0 Å². The van der Waals surface area contributed by atoms with Crippen LogP contribution >= 0.6 is 0 Å². The first-order valence-electron chi connectivity index (χ1n) is 9.95. The Bertz CT molecular complexity index is 1200. The van der Waals surface area contributed by atoms with E-state index >= 15 is 0 Å². The second kappa shape index (κ2) is 7.99. The molecule has 0 spiro atoms. The molecule has 0 unspecified atom stereocenters. The van der Waals surface area contributed by atoms with Crippen LogP contribution in [0.1, 0.15) is 27.0 Å². The number of rotatable bonds is 5. The van der Waals surface area contributed by atoms with Gasteiger partial charge in [-0.1, -0.05) is 66.7 Å². The van der Waals surface area contributed by atoms with Crippen LogP contribution in [0.15, 0.2) is 72.8 Å². The summed E-state index contributed by atoms with van der Waals surface area (Å²) < 4.78 is 0. The van der Waals surface area contributed by atoms with Crippen LogP contribution in [-0.2, 0) is 11.2 Å². The number of hydrogen-bond donors (Lipinski definition) is 2. The van der Waals surface area contributed by atoms with Crippen LogP contribution < -0.4 is 5.32 Å². The largest absolute Gasteiger partial charge is 0.480 e. The van der Waals surface area contributed by atoms with Crippen molar-refractivity contribution in [2.24, 2.45) is 0 Å². The van der Waals surface area contributed by atoms with Crippen molar-refractivity contribution >= 4 is 33.4 Å². The zero-order valence-corrected chi connectivity index (χ0v) is 17.0. The first kappa shape index (κ1) is 19.6. The SMILES string of the molecule is Cc1cccc(C)c1C[C@H](NC(=O)c1c2ccccc2cc2ccccc12)C(=O)O. The highest BCUT2D eigenvalue weighted by Crippen LogP contribution is 2.28. The third-order valence-corrected chi connectivity index (χ3v) is 5.65. The molecule has 4 aromatic rings. The maximum absolute atomic E-state index is 13.4. The van der Waals surface area contributed by atoms with Crippen molar-refractivity contribution in [1.29, 1.82) is 0 Å². The number of aliphatic carboxylic acids is 1. The molecule has 0 aromatic heterocycles.